The highest BCUT2D eigenvalue weighted by Crippen LogP contribution is 2.34. The maximum atomic E-state index is 12.7. The van der Waals surface area contributed by atoms with E-state index in [4.69, 9.17) is 11.6 Å². The number of nitrogens with one attached hydrogen (secondary N) is 1. The van der Waals surface area contributed by atoms with Crippen molar-refractivity contribution >= 4 is 73.7 Å². The molecule has 4 aromatic rings. The monoisotopic (exact) mass is 519 g/mol. The summed E-state index contributed by atoms with van der Waals surface area (Å²) in [5.41, 5.74) is 4.28. The first-order valence-electron chi connectivity index (χ1n) is 10.6. The molecule has 1 saturated heterocycles. The van der Waals surface area contributed by atoms with Gasteiger partial charge in [-0.2, -0.15) is 0 Å². The molecule has 2 heterocycles. The van der Waals surface area contributed by atoms with E-state index in [1.54, 1.807) is 53.8 Å². The van der Waals surface area contributed by atoms with E-state index in [1.165, 1.54) is 5.56 Å². The number of thiazole rings is 1. The van der Waals surface area contributed by atoms with Gasteiger partial charge in [-0.3, -0.25) is 19.3 Å². The van der Waals surface area contributed by atoms with E-state index in [0.717, 1.165) is 37.4 Å². The number of halogens is 1. The van der Waals surface area contributed by atoms with E-state index in [-0.39, 0.29) is 11.4 Å². The lowest BCUT2D eigenvalue weighted by Gasteiger charge is -2.12. The van der Waals surface area contributed by atoms with Crippen LogP contribution in [0.25, 0.3) is 26.9 Å². The molecular formula is C26H18ClN3O3S2. The van der Waals surface area contributed by atoms with Crippen molar-refractivity contribution in [1.29, 1.82) is 0 Å². The fraction of sp³-hybridized carbons (Fsp3) is 0.0769. The van der Waals surface area contributed by atoms with E-state index in [0.29, 0.717) is 16.3 Å². The first kappa shape index (κ1) is 23.3. The van der Waals surface area contributed by atoms with Gasteiger partial charge in [-0.25, -0.2) is 4.98 Å². The number of benzene rings is 3. The second kappa shape index (κ2) is 9.65. The third-order valence-corrected chi connectivity index (χ3v) is 7.65. The number of imide groups is 1. The van der Waals surface area contributed by atoms with Crippen molar-refractivity contribution in [2.24, 2.45) is 0 Å². The maximum Gasteiger partial charge on any atom is 0.294 e. The zero-order chi connectivity index (χ0) is 24.5. The predicted octanol–water partition coefficient (Wildman–Crippen LogP) is 6.60. The summed E-state index contributed by atoms with van der Waals surface area (Å²) in [5.74, 6) is -0.981. The Kier molecular flexibility index (Phi) is 6.42. The van der Waals surface area contributed by atoms with Crippen molar-refractivity contribution in [3.05, 3.63) is 87.8 Å². The molecule has 0 saturated carbocycles. The second-order valence-electron chi connectivity index (χ2n) is 7.91. The molecule has 3 amide bonds. The molecule has 1 aliphatic heterocycles. The topological polar surface area (TPSA) is 79.4 Å². The standard InChI is InChI=1S/C26H18ClN3O3S2/c1-15-6-11-20-21(12-15)34-24(29-20)16-7-9-18(10-8-16)28-23(31)14-30-25(32)22(35-26(30)33)13-17-4-2-3-5-19(17)27/h2-13H,14H2,1H3,(H,28,31)/b22-13+. The Balaban J connectivity index is 1.25. The molecule has 174 valence electrons. The van der Waals surface area contributed by atoms with Gasteiger partial charge in [0.25, 0.3) is 11.1 Å². The van der Waals surface area contributed by atoms with Gasteiger partial charge in [0.15, 0.2) is 0 Å². The molecule has 1 fully saturated rings. The summed E-state index contributed by atoms with van der Waals surface area (Å²) < 4.78 is 1.12. The van der Waals surface area contributed by atoms with Crippen LogP contribution in [0.5, 0.6) is 0 Å². The first-order chi connectivity index (χ1) is 16.9. The molecule has 1 aromatic heterocycles. The minimum atomic E-state index is -0.517. The Hall–Kier alpha value is -3.46. The normalized spacial score (nSPS) is 14.8. The smallest absolute Gasteiger partial charge is 0.294 e. The summed E-state index contributed by atoms with van der Waals surface area (Å²) in [6.45, 7) is 1.68. The number of carbonyl (C=O) groups excluding carboxylic acids is 3. The van der Waals surface area contributed by atoms with Gasteiger partial charge in [-0.05, 0) is 78.4 Å². The SMILES string of the molecule is Cc1ccc2nc(-c3ccc(NC(=O)CN4C(=O)S/C(=C/c5ccccc5Cl)C4=O)cc3)sc2c1. The van der Waals surface area contributed by atoms with Gasteiger partial charge in [-0.1, -0.05) is 35.9 Å². The lowest BCUT2D eigenvalue weighted by molar-refractivity contribution is -0.127. The largest absolute Gasteiger partial charge is 0.325 e. The number of carbonyl (C=O) groups is 3. The van der Waals surface area contributed by atoms with Crippen molar-refractivity contribution in [3.8, 4) is 10.6 Å². The van der Waals surface area contributed by atoms with Crippen LogP contribution in [0.2, 0.25) is 5.02 Å². The summed E-state index contributed by atoms with van der Waals surface area (Å²) >= 11 is 8.54. The molecule has 0 aliphatic carbocycles. The van der Waals surface area contributed by atoms with Gasteiger partial charge in [0.05, 0.1) is 15.1 Å². The van der Waals surface area contributed by atoms with Crippen LogP contribution in [-0.4, -0.2) is 33.5 Å². The molecule has 1 N–H and O–H groups in total. The van der Waals surface area contributed by atoms with Crippen molar-refractivity contribution < 1.29 is 14.4 Å². The number of fused-ring (bicyclic) bond motifs is 1. The summed E-state index contributed by atoms with van der Waals surface area (Å²) in [7, 11) is 0. The van der Waals surface area contributed by atoms with E-state index in [2.05, 4.69) is 16.4 Å². The molecule has 0 atom stereocenters. The number of aryl methyl sites for hydroxylation is 1. The van der Waals surface area contributed by atoms with E-state index < -0.39 is 17.1 Å². The molecular weight excluding hydrogens is 502 g/mol. The molecule has 0 radical (unpaired) electrons. The molecule has 0 unspecified atom stereocenters. The van der Waals surface area contributed by atoms with Crippen LogP contribution < -0.4 is 5.32 Å². The van der Waals surface area contributed by atoms with Crippen LogP contribution in [0.4, 0.5) is 10.5 Å². The number of thioether (sulfide) groups is 1. The van der Waals surface area contributed by atoms with Crippen LogP contribution in [0.15, 0.2) is 71.6 Å². The number of anilines is 1. The van der Waals surface area contributed by atoms with Crippen molar-refractivity contribution in [2.45, 2.75) is 6.92 Å². The fourth-order valence-corrected chi connectivity index (χ4v) is 5.65. The first-order valence-corrected chi connectivity index (χ1v) is 12.7. The van der Waals surface area contributed by atoms with Gasteiger partial charge in [0.1, 0.15) is 11.6 Å². The van der Waals surface area contributed by atoms with Crippen LogP contribution in [0.1, 0.15) is 11.1 Å². The van der Waals surface area contributed by atoms with E-state index in [9.17, 15) is 14.4 Å². The number of aromatic nitrogens is 1. The number of nitrogens with zero attached hydrogens (tertiary/aromatic N) is 2. The minimum absolute atomic E-state index is 0.228. The van der Waals surface area contributed by atoms with Crippen molar-refractivity contribution in [3.63, 3.8) is 0 Å². The number of hydrogen-bond donors (Lipinski definition) is 1. The average molecular weight is 520 g/mol. The van der Waals surface area contributed by atoms with Gasteiger partial charge in [0, 0.05) is 16.3 Å². The van der Waals surface area contributed by atoms with Crippen LogP contribution in [0.3, 0.4) is 0 Å². The number of hydrogen-bond acceptors (Lipinski definition) is 6. The highest BCUT2D eigenvalue weighted by atomic mass is 35.5. The van der Waals surface area contributed by atoms with Crippen LogP contribution in [0, 0.1) is 6.92 Å². The molecule has 6 nitrogen and oxygen atoms in total. The molecule has 0 spiro atoms. The second-order valence-corrected chi connectivity index (χ2v) is 10.3. The fourth-order valence-electron chi connectivity index (χ4n) is 3.57. The van der Waals surface area contributed by atoms with Gasteiger partial charge >= 0.3 is 0 Å². The summed E-state index contributed by atoms with van der Waals surface area (Å²) in [6.07, 6.45) is 1.56. The lowest BCUT2D eigenvalue weighted by Crippen LogP contribution is -2.36. The number of amides is 3. The quantitative estimate of drug-likeness (QED) is 0.300. The Morgan fingerprint density at radius 2 is 1.86 bits per heavy atom. The Morgan fingerprint density at radius 1 is 1.09 bits per heavy atom. The maximum absolute atomic E-state index is 12.7. The van der Waals surface area contributed by atoms with Gasteiger partial charge < -0.3 is 5.32 Å². The van der Waals surface area contributed by atoms with Gasteiger partial charge in [0.2, 0.25) is 5.91 Å². The zero-order valence-corrected chi connectivity index (χ0v) is 20.8. The summed E-state index contributed by atoms with van der Waals surface area (Å²) in [5, 5.41) is 3.62. The van der Waals surface area contributed by atoms with Crippen molar-refractivity contribution in [1.82, 2.24) is 9.88 Å². The zero-order valence-electron chi connectivity index (χ0n) is 18.4. The van der Waals surface area contributed by atoms with Gasteiger partial charge in [-0.15, -0.1) is 11.3 Å². The Bertz CT molecular complexity index is 1510. The molecule has 3 aromatic carbocycles. The summed E-state index contributed by atoms with van der Waals surface area (Å²) in [4.78, 5) is 43.5. The molecule has 5 rings (SSSR count). The average Bonchev–Trinajstić information content (AvgIpc) is 3.37. The Labute approximate surface area is 214 Å². The van der Waals surface area contributed by atoms with E-state index >= 15 is 0 Å². The molecule has 9 heteroatoms. The Morgan fingerprint density at radius 3 is 2.63 bits per heavy atom. The molecule has 35 heavy (non-hydrogen) atoms. The van der Waals surface area contributed by atoms with Crippen LogP contribution >= 0.6 is 34.7 Å². The predicted molar refractivity (Wildman–Crippen MR) is 143 cm³/mol. The number of rotatable bonds is 5. The van der Waals surface area contributed by atoms with E-state index in [1.807, 2.05) is 31.2 Å². The third-order valence-electron chi connectivity index (χ3n) is 5.33. The highest BCUT2D eigenvalue weighted by molar-refractivity contribution is 8.18. The third kappa shape index (κ3) is 5.00. The highest BCUT2D eigenvalue weighted by Gasteiger charge is 2.36. The molecule has 1 aliphatic rings. The summed E-state index contributed by atoms with van der Waals surface area (Å²) in [6, 6.07) is 20.5. The minimum Gasteiger partial charge on any atom is -0.325 e. The van der Waals surface area contributed by atoms with Crippen LogP contribution in [-0.2, 0) is 9.59 Å². The molecule has 0 bridgehead atoms. The lowest BCUT2D eigenvalue weighted by atomic mass is 10.2. The van der Waals surface area contributed by atoms with Crippen molar-refractivity contribution in [2.75, 3.05) is 11.9 Å².